The van der Waals surface area contributed by atoms with Gasteiger partial charge in [-0.1, -0.05) is 51.9 Å². The van der Waals surface area contributed by atoms with Gasteiger partial charge in [-0.25, -0.2) is 0 Å². The first-order chi connectivity index (χ1) is 37.4. The molecule has 6 aliphatic rings. The van der Waals surface area contributed by atoms with Crippen molar-refractivity contribution < 1.29 is 143 Å². The molecule has 6 rings (SSSR count). The van der Waals surface area contributed by atoms with Crippen LogP contribution in [0.1, 0.15) is 105 Å². The van der Waals surface area contributed by atoms with E-state index in [0.717, 1.165) is 38.5 Å². The van der Waals surface area contributed by atoms with E-state index >= 15 is 0 Å². The number of carboxylic acids is 1. The summed E-state index contributed by atoms with van der Waals surface area (Å²) < 4.78 is 72.7. The van der Waals surface area contributed by atoms with Gasteiger partial charge in [0.15, 0.2) is 37.7 Å². The number of aliphatic hydroxyl groups is 15. The lowest BCUT2D eigenvalue weighted by atomic mass is 9.95. The van der Waals surface area contributed by atoms with E-state index in [4.69, 9.17) is 61.9 Å². The van der Waals surface area contributed by atoms with Gasteiger partial charge in [-0.05, 0) is 47.0 Å². The number of aliphatic carboxylic acids is 1. The molecule has 6 fully saturated rings. The highest BCUT2D eigenvalue weighted by Gasteiger charge is 2.58. The average Bonchev–Trinajstić information content (AvgIpc) is 3.46. The normalized spacial score (nSPS) is 47.4. The Hall–Kier alpha value is -1.61. The molecule has 6 saturated heterocycles. The van der Waals surface area contributed by atoms with Crippen LogP contribution in [0.15, 0.2) is 0 Å². The minimum absolute atomic E-state index is 0.128. The van der Waals surface area contributed by atoms with Crippen LogP contribution in [0.3, 0.4) is 0 Å². The Balaban J connectivity index is 1.27. The molecule has 29 nitrogen and oxygen atoms in total. The number of carbonyl (C=O) groups is 1. The lowest BCUT2D eigenvalue weighted by Gasteiger charge is -2.51. The van der Waals surface area contributed by atoms with Gasteiger partial charge in [0, 0.05) is 6.42 Å². The average molecular weight is 1150 g/mol. The molecule has 79 heavy (non-hydrogen) atoms. The van der Waals surface area contributed by atoms with E-state index in [0.29, 0.717) is 25.7 Å². The van der Waals surface area contributed by atoms with Crippen molar-refractivity contribution in [3.63, 3.8) is 0 Å². The topological polar surface area (TPSA) is 452 Å². The maximum absolute atomic E-state index is 12.4. The zero-order valence-electron chi connectivity index (χ0n) is 45.1. The largest absolute Gasteiger partial charge is 0.481 e. The summed E-state index contributed by atoms with van der Waals surface area (Å²) in [5, 5.41) is 174. The molecule has 0 aromatic carbocycles. The van der Waals surface area contributed by atoms with E-state index in [1.165, 1.54) is 27.7 Å². The van der Waals surface area contributed by atoms with E-state index in [1.54, 1.807) is 0 Å². The molecular formula is C50H88O29. The fourth-order valence-electron chi connectivity index (χ4n) is 10.7. The molecule has 6 aliphatic heterocycles. The van der Waals surface area contributed by atoms with Crippen molar-refractivity contribution in [1.82, 2.24) is 0 Å². The molecule has 0 aliphatic carbocycles. The zero-order valence-corrected chi connectivity index (χ0v) is 45.1. The number of unbranched alkanes of at least 4 members (excludes halogenated alkanes) is 6. The third-order valence-electron chi connectivity index (χ3n) is 15.6. The number of rotatable bonds is 26. The van der Waals surface area contributed by atoms with Crippen molar-refractivity contribution in [3.8, 4) is 0 Å². The van der Waals surface area contributed by atoms with Crippen LogP contribution in [0.4, 0.5) is 0 Å². The van der Waals surface area contributed by atoms with Gasteiger partial charge in [0.25, 0.3) is 0 Å². The monoisotopic (exact) mass is 1150 g/mol. The molecule has 0 aromatic heterocycles. The Morgan fingerprint density at radius 3 is 1.22 bits per heavy atom. The van der Waals surface area contributed by atoms with Crippen LogP contribution in [-0.2, 0) is 61.6 Å². The summed E-state index contributed by atoms with van der Waals surface area (Å²) in [4.78, 5) is 10.8. The summed E-state index contributed by atoms with van der Waals surface area (Å²) >= 11 is 0. The van der Waals surface area contributed by atoms with E-state index in [2.05, 4.69) is 0 Å². The minimum Gasteiger partial charge on any atom is -0.481 e. The van der Waals surface area contributed by atoms with Gasteiger partial charge in [-0.15, -0.1) is 0 Å². The lowest BCUT2D eigenvalue weighted by Crippen LogP contribution is -2.69. The summed E-state index contributed by atoms with van der Waals surface area (Å²) in [6, 6.07) is 0. The first-order valence-corrected chi connectivity index (χ1v) is 27.6. The second kappa shape index (κ2) is 30.5. The number of aliphatic hydroxyl groups excluding tert-OH is 15. The van der Waals surface area contributed by atoms with Crippen LogP contribution >= 0.6 is 0 Å². The zero-order chi connectivity index (χ0) is 58.2. The summed E-state index contributed by atoms with van der Waals surface area (Å²) in [5.74, 6) is -0.825. The van der Waals surface area contributed by atoms with Gasteiger partial charge < -0.3 is 139 Å². The maximum Gasteiger partial charge on any atom is 0.303 e. The molecule has 0 aromatic rings. The summed E-state index contributed by atoms with van der Waals surface area (Å²) in [6.45, 7) is 5.70. The SMILES string of the molecule is CCC[C@H](CCCCCCCCCC(=O)O)O[C@@H]1O[C@H](C)[C@@H](O)[C@H](O)[C@H]1O[C@@H]1O[C@H](CO)[C@@H](O)[C@H](O)[C@H]1O[C@@H]1O[C@@H](C)[C@H](O[C@@H]2O[C@H](C)[C@H](O)[C@H](O)[C@H]2O)[C@@H](O[C@H]2O[C@@H](CO)[C@H](O)[C@@H](O)[C@@H]2O[C@H]2O[C@@H](C)[C@H](O)[C@@H](O)[C@@H]2O)[C@H]1O. The smallest absolute Gasteiger partial charge is 0.303 e. The number of carboxylic acid groups (broad SMARTS) is 1. The molecule has 6 heterocycles. The molecule has 0 saturated carbocycles. The first kappa shape index (κ1) is 66.5. The van der Waals surface area contributed by atoms with E-state index in [1.807, 2.05) is 6.92 Å². The second-order valence-electron chi connectivity index (χ2n) is 21.6. The van der Waals surface area contributed by atoms with Gasteiger partial charge in [0.1, 0.15) is 122 Å². The quantitative estimate of drug-likeness (QED) is 0.0360. The lowest BCUT2D eigenvalue weighted by molar-refractivity contribution is -0.414. The van der Waals surface area contributed by atoms with Crippen LogP contribution in [-0.4, -0.2) is 291 Å². The van der Waals surface area contributed by atoms with Gasteiger partial charge in [0.2, 0.25) is 0 Å². The minimum atomic E-state index is -2.20. The Bertz CT molecular complexity index is 1800. The molecule has 0 unspecified atom stereocenters. The highest BCUT2D eigenvalue weighted by atomic mass is 16.8. The molecule has 31 atom stereocenters. The highest BCUT2D eigenvalue weighted by Crippen LogP contribution is 2.39. The molecule has 16 N–H and O–H groups in total. The number of hydrogen-bond acceptors (Lipinski definition) is 28. The van der Waals surface area contributed by atoms with E-state index in [9.17, 15) is 81.4 Å². The molecule has 0 radical (unpaired) electrons. The Kier molecular flexibility index (Phi) is 25.7. The Labute approximate surface area is 457 Å². The van der Waals surface area contributed by atoms with Crippen LogP contribution in [0, 0.1) is 0 Å². The first-order valence-electron chi connectivity index (χ1n) is 27.6. The van der Waals surface area contributed by atoms with Crippen molar-refractivity contribution in [2.45, 2.75) is 296 Å². The Morgan fingerprint density at radius 2 is 0.747 bits per heavy atom. The molecule has 0 bridgehead atoms. The van der Waals surface area contributed by atoms with Gasteiger partial charge >= 0.3 is 5.97 Å². The maximum atomic E-state index is 12.4. The van der Waals surface area contributed by atoms with Gasteiger partial charge in [0.05, 0.1) is 43.7 Å². The highest BCUT2D eigenvalue weighted by molar-refractivity contribution is 5.66. The van der Waals surface area contributed by atoms with E-state index in [-0.39, 0.29) is 6.42 Å². The second-order valence-corrected chi connectivity index (χ2v) is 21.6. The fourth-order valence-corrected chi connectivity index (χ4v) is 10.7. The molecule has 29 heteroatoms. The van der Waals surface area contributed by atoms with Crippen molar-refractivity contribution in [1.29, 1.82) is 0 Å². The molecule has 462 valence electrons. The van der Waals surface area contributed by atoms with Crippen LogP contribution < -0.4 is 0 Å². The summed E-state index contributed by atoms with van der Waals surface area (Å²) in [5.41, 5.74) is 0. The number of hydrogen-bond donors (Lipinski definition) is 16. The predicted octanol–water partition coefficient (Wildman–Crippen LogP) is -5.20. The molecular weight excluding hydrogens is 1060 g/mol. The van der Waals surface area contributed by atoms with Crippen LogP contribution in [0.2, 0.25) is 0 Å². The molecule has 0 spiro atoms. The standard InChI is InChI=1S/C50H88O29/c1-6-14-23(15-12-10-8-7-9-11-13-16-26(53)54)72-48-42(34(62)29(57)21(4)70-48)79-50-44(36(64)31(59)25(18-52)74-50)78-47-39(67)41(40(22(5)71-47)75-45-37(65)32(60)27(55)19(2)68-45)76-49-43(35(63)30(58)24(17-51)73-49)77-46-38(66)33(61)28(56)20(3)69-46/h19-25,27-52,55-67H,6-18H2,1-5H3,(H,53,54)/t19-,20+,21-,22+,23-,24+,25-,27+,28+,29-,30+,31-,32+,33-,34+,35-,36+,37-,38+,39-,40+,41+,42-,43+,44-,45+,46-,47+,48+,49-,50+/m1/s1. The third-order valence-corrected chi connectivity index (χ3v) is 15.6. The summed E-state index contributed by atoms with van der Waals surface area (Å²) in [6.07, 6.45) is -44.8. The van der Waals surface area contributed by atoms with E-state index < -0.39 is 210 Å². The van der Waals surface area contributed by atoms with Crippen molar-refractivity contribution in [2.24, 2.45) is 0 Å². The summed E-state index contributed by atoms with van der Waals surface area (Å²) in [7, 11) is 0. The van der Waals surface area contributed by atoms with Crippen LogP contribution in [0.25, 0.3) is 0 Å². The third kappa shape index (κ3) is 16.2. The van der Waals surface area contributed by atoms with Crippen molar-refractivity contribution >= 4 is 5.97 Å². The van der Waals surface area contributed by atoms with Crippen molar-refractivity contribution in [3.05, 3.63) is 0 Å². The predicted molar refractivity (Wildman–Crippen MR) is 260 cm³/mol. The van der Waals surface area contributed by atoms with Crippen molar-refractivity contribution in [2.75, 3.05) is 13.2 Å². The Morgan fingerprint density at radius 1 is 0.380 bits per heavy atom. The van der Waals surface area contributed by atoms with Gasteiger partial charge in [-0.3, -0.25) is 4.79 Å². The van der Waals surface area contributed by atoms with Gasteiger partial charge in [-0.2, -0.15) is 0 Å². The molecule has 0 amide bonds. The van der Waals surface area contributed by atoms with Crippen LogP contribution in [0.5, 0.6) is 0 Å². The number of ether oxygens (including phenoxy) is 12. The fraction of sp³-hybridized carbons (Fsp3) is 0.980.